The lowest BCUT2D eigenvalue weighted by atomic mass is 9.83. The first-order valence-corrected chi connectivity index (χ1v) is 7.00. The molecule has 5 heteroatoms. The SMILES string of the molecule is NC1CCC(O)(COC(=O)NCc2ccccc2)CC1. The first-order chi connectivity index (χ1) is 9.57. The highest BCUT2D eigenvalue weighted by molar-refractivity contribution is 5.67. The van der Waals surface area contributed by atoms with Crippen LogP contribution in [-0.4, -0.2) is 29.4 Å². The molecule has 1 aromatic rings. The van der Waals surface area contributed by atoms with Gasteiger partial charge in [-0.25, -0.2) is 4.79 Å². The predicted molar refractivity (Wildman–Crippen MR) is 76.0 cm³/mol. The maximum absolute atomic E-state index is 11.6. The second kappa shape index (κ2) is 6.72. The van der Waals surface area contributed by atoms with Crippen LogP contribution in [0.3, 0.4) is 0 Å². The maximum atomic E-state index is 11.6. The molecule has 0 aliphatic heterocycles. The Morgan fingerprint density at radius 3 is 2.65 bits per heavy atom. The molecule has 0 heterocycles. The molecule has 20 heavy (non-hydrogen) atoms. The summed E-state index contributed by atoms with van der Waals surface area (Å²) in [5.74, 6) is 0. The summed E-state index contributed by atoms with van der Waals surface area (Å²) in [6, 6.07) is 9.76. The number of benzene rings is 1. The van der Waals surface area contributed by atoms with E-state index in [4.69, 9.17) is 10.5 Å². The molecule has 1 aliphatic rings. The van der Waals surface area contributed by atoms with Gasteiger partial charge in [0.2, 0.25) is 0 Å². The Hall–Kier alpha value is -1.59. The van der Waals surface area contributed by atoms with E-state index in [9.17, 15) is 9.90 Å². The molecule has 0 spiro atoms. The van der Waals surface area contributed by atoms with Crippen molar-refractivity contribution in [1.82, 2.24) is 5.32 Å². The van der Waals surface area contributed by atoms with Gasteiger partial charge in [-0.2, -0.15) is 0 Å². The maximum Gasteiger partial charge on any atom is 0.407 e. The van der Waals surface area contributed by atoms with Crippen LogP contribution in [-0.2, 0) is 11.3 Å². The lowest BCUT2D eigenvalue weighted by Crippen LogP contribution is -2.43. The van der Waals surface area contributed by atoms with Crippen molar-refractivity contribution in [2.45, 2.75) is 43.9 Å². The number of carbonyl (C=O) groups is 1. The summed E-state index contributed by atoms with van der Waals surface area (Å²) >= 11 is 0. The summed E-state index contributed by atoms with van der Waals surface area (Å²) in [5.41, 5.74) is 5.88. The average molecular weight is 278 g/mol. The molecule has 1 fully saturated rings. The molecule has 1 saturated carbocycles. The van der Waals surface area contributed by atoms with Gasteiger partial charge in [0.15, 0.2) is 0 Å². The third-order valence-electron chi connectivity index (χ3n) is 3.71. The van der Waals surface area contributed by atoms with Crippen molar-refractivity contribution in [3.8, 4) is 0 Å². The van der Waals surface area contributed by atoms with Gasteiger partial charge in [0.1, 0.15) is 6.61 Å². The second-order valence-corrected chi connectivity index (χ2v) is 5.48. The van der Waals surface area contributed by atoms with Crippen LogP contribution in [0.1, 0.15) is 31.2 Å². The van der Waals surface area contributed by atoms with E-state index in [1.807, 2.05) is 30.3 Å². The molecule has 0 saturated heterocycles. The topological polar surface area (TPSA) is 84.6 Å². The van der Waals surface area contributed by atoms with Crippen LogP contribution >= 0.6 is 0 Å². The highest BCUT2D eigenvalue weighted by atomic mass is 16.6. The molecule has 0 aromatic heterocycles. The average Bonchev–Trinajstić information content (AvgIpc) is 2.48. The van der Waals surface area contributed by atoms with Gasteiger partial charge >= 0.3 is 6.09 Å². The minimum Gasteiger partial charge on any atom is -0.446 e. The number of hydrogen-bond acceptors (Lipinski definition) is 4. The van der Waals surface area contributed by atoms with Gasteiger partial charge in [0.05, 0.1) is 5.60 Å². The number of nitrogens with two attached hydrogens (primary N) is 1. The molecule has 2 rings (SSSR count). The Bertz CT molecular complexity index is 428. The number of alkyl carbamates (subject to hydrolysis) is 1. The number of hydrogen-bond donors (Lipinski definition) is 3. The van der Waals surface area contributed by atoms with E-state index < -0.39 is 11.7 Å². The second-order valence-electron chi connectivity index (χ2n) is 5.48. The Balaban J connectivity index is 1.70. The summed E-state index contributed by atoms with van der Waals surface area (Å²) in [5, 5.41) is 12.9. The number of amides is 1. The number of ether oxygens (including phenoxy) is 1. The van der Waals surface area contributed by atoms with E-state index in [1.165, 1.54) is 0 Å². The fraction of sp³-hybridized carbons (Fsp3) is 0.533. The standard InChI is InChI=1S/C15H22N2O3/c16-13-6-8-15(19,9-7-13)11-20-14(18)17-10-12-4-2-1-3-5-12/h1-5,13,19H,6-11,16H2,(H,17,18). The van der Waals surface area contributed by atoms with Crippen LogP contribution in [0, 0.1) is 0 Å². The lowest BCUT2D eigenvalue weighted by Gasteiger charge is -2.34. The lowest BCUT2D eigenvalue weighted by molar-refractivity contribution is -0.0498. The first kappa shape index (κ1) is 14.8. The van der Waals surface area contributed by atoms with Gasteiger partial charge in [-0.15, -0.1) is 0 Å². The summed E-state index contributed by atoms with van der Waals surface area (Å²) in [6.07, 6.45) is 2.20. The zero-order valence-electron chi connectivity index (χ0n) is 11.5. The molecule has 110 valence electrons. The van der Waals surface area contributed by atoms with E-state index in [1.54, 1.807) is 0 Å². The van der Waals surface area contributed by atoms with Gasteiger partial charge in [-0.05, 0) is 31.2 Å². The van der Waals surface area contributed by atoms with E-state index in [2.05, 4.69) is 5.32 Å². The molecule has 1 aromatic carbocycles. The van der Waals surface area contributed by atoms with Gasteiger partial charge < -0.3 is 20.9 Å². The van der Waals surface area contributed by atoms with Crippen LogP contribution in [0.2, 0.25) is 0 Å². The third-order valence-corrected chi connectivity index (χ3v) is 3.71. The summed E-state index contributed by atoms with van der Waals surface area (Å²) < 4.78 is 5.10. The van der Waals surface area contributed by atoms with Gasteiger partial charge in [0, 0.05) is 12.6 Å². The molecular formula is C15H22N2O3. The highest BCUT2D eigenvalue weighted by Gasteiger charge is 2.33. The highest BCUT2D eigenvalue weighted by Crippen LogP contribution is 2.27. The van der Waals surface area contributed by atoms with E-state index >= 15 is 0 Å². The van der Waals surface area contributed by atoms with Crippen molar-refractivity contribution in [1.29, 1.82) is 0 Å². The molecule has 5 nitrogen and oxygen atoms in total. The Morgan fingerprint density at radius 2 is 2.00 bits per heavy atom. The fourth-order valence-corrected chi connectivity index (χ4v) is 2.34. The van der Waals surface area contributed by atoms with Crippen LogP contribution in [0.5, 0.6) is 0 Å². The van der Waals surface area contributed by atoms with Crippen LogP contribution < -0.4 is 11.1 Å². The Kier molecular flexibility index (Phi) is 4.98. The third kappa shape index (κ3) is 4.51. The zero-order chi connectivity index (χ0) is 14.4. The van der Waals surface area contributed by atoms with E-state index in [-0.39, 0.29) is 12.6 Å². The molecule has 0 unspecified atom stereocenters. The molecule has 0 atom stereocenters. The molecule has 0 bridgehead atoms. The van der Waals surface area contributed by atoms with Crippen molar-refractivity contribution >= 4 is 6.09 Å². The number of aliphatic hydroxyl groups is 1. The zero-order valence-corrected chi connectivity index (χ0v) is 11.5. The van der Waals surface area contributed by atoms with Crippen LogP contribution in [0.4, 0.5) is 4.79 Å². The molecule has 4 N–H and O–H groups in total. The minimum atomic E-state index is -0.917. The van der Waals surface area contributed by atoms with Crippen LogP contribution in [0.25, 0.3) is 0 Å². The molecular weight excluding hydrogens is 256 g/mol. The minimum absolute atomic E-state index is 0.0281. The smallest absolute Gasteiger partial charge is 0.407 e. The van der Waals surface area contributed by atoms with Gasteiger partial charge in [0.25, 0.3) is 0 Å². The van der Waals surface area contributed by atoms with Gasteiger partial charge in [-0.3, -0.25) is 0 Å². The van der Waals surface area contributed by atoms with E-state index in [0.29, 0.717) is 19.4 Å². The van der Waals surface area contributed by atoms with Crippen molar-refractivity contribution < 1.29 is 14.6 Å². The van der Waals surface area contributed by atoms with Crippen LogP contribution in [0.15, 0.2) is 30.3 Å². The summed E-state index contributed by atoms with van der Waals surface area (Å²) in [7, 11) is 0. The number of nitrogens with one attached hydrogen (secondary N) is 1. The Labute approximate surface area is 119 Å². The molecule has 0 radical (unpaired) electrons. The summed E-state index contributed by atoms with van der Waals surface area (Å²) in [4.78, 5) is 11.6. The normalized spacial score (nSPS) is 26.0. The molecule has 1 aliphatic carbocycles. The van der Waals surface area contributed by atoms with Crippen molar-refractivity contribution in [2.24, 2.45) is 5.73 Å². The largest absolute Gasteiger partial charge is 0.446 e. The van der Waals surface area contributed by atoms with Crippen molar-refractivity contribution in [3.63, 3.8) is 0 Å². The number of rotatable bonds is 4. The monoisotopic (exact) mass is 278 g/mol. The fourth-order valence-electron chi connectivity index (χ4n) is 2.34. The molecule has 1 amide bonds. The predicted octanol–water partition coefficient (Wildman–Crippen LogP) is 1.55. The van der Waals surface area contributed by atoms with Crippen molar-refractivity contribution in [2.75, 3.05) is 6.61 Å². The van der Waals surface area contributed by atoms with Crippen molar-refractivity contribution in [3.05, 3.63) is 35.9 Å². The van der Waals surface area contributed by atoms with E-state index in [0.717, 1.165) is 18.4 Å². The van der Waals surface area contributed by atoms with Gasteiger partial charge in [-0.1, -0.05) is 30.3 Å². The summed E-state index contributed by atoms with van der Waals surface area (Å²) in [6.45, 7) is 0.448. The Morgan fingerprint density at radius 1 is 1.35 bits per heavy atom. The number of carbonyl (C=O) groups excluding carboxylic acids is 1. The quantitative estimate of drug-likeness (QED) is 0.780. The first-order valence-electron chi connectivity index (χ1n) is 7.00.